The van der Waals surface area contributed by atoms with Gasteiger partial charge in [0.2, 0.25) is 0 Å². The van der Waals surface area contributed by atoms with Crippen LogP contribution in [0.25, 0.3) is 21.1 Å². The average Bonchev–Trinajstić information content (AvgIpc) is 3.55. The quantitative estimate of drug-likeness (QED) is 0.354. The van der Waals surface area contributed by atoms with Crippen molar-refractivity contribution < 1.29 is 9.53 Å². The number of benzene rings is 1. The summed E-state index contributed by atoms with van der Waals surface area (Å²) in [6, 6.07) is 6.04. The lowest BCUT2D eigenvalue weighted by Gasteiger charge is -2.22. The zero-order valence-electron chi connectivity index (χ0n) is 18.4. The summed E-state index contributed by atoms with van der Waals surface area (Å²) in [6.45, 7) is 0.380. The van der Waals surface area contributed by atoms with Crippen molar-refractivity contribution in [3.63, 3.8) is 0 Å². The van der Waals surface area contributed by atoms with Gasteiger partial charge in [-0.2, -0.15) is 5.10 Å². The summed E-state index contributed by atoms with van der Waals surface area (Å²) in [4.78, 5) is 27.6. The summed E-state index contributed by atoms with van der Waals surface area (Å²) >= 11 is 1.64. The van der Waals surface area contributed by atoms with Gasteiger partial charge in [-0.3, -0.25) is 5.10 Å². The van der Waals surface area contributed by atoms with Crippen LogP contribution in [0.15, 0.2) is 43.2 Å². The Labute approximate surface area is 198 Å². The van der Waals surface area contributed by atoms with E-state index in [0.717, 1.165) is 51.2 Å². The summed E-state index contributed by atoms with van der Waals surface area (Å²) in [5, 5.41) is 15.4. The number of alkyl carbamates (subject to hydrolysis) is 1. The number of hydrogen-bond donors (Lipinski definition) is 3. The molecule has 172 valence electrons. The van der Waals surface area contributed by atoms with E-state index in [9.17, 15) is 4.79 Å². The van der Waals surface area contributed by atoms with E-state index in [4.69, 9.17) is 4.74 Å². The van der Waals surface area contributed by atoms with Gasteiger partial charge in [-0.05, 0) is 36.6 Å². The molecule has 1 aliphatic rings. The molecule has 11 heteroatoms. The van der Waals surface area contributed by atoms with E-state index in [0.29, 0.717) is 13.0 Å². The monoisotopic (exact) mass is 474 g/mol. The number of ether oxygens (including phenoxy) is 1. The standard InChI is InChI=1S/C23H22N8O2S/c1-31-12-24-9-15(31)10-25-23(32)33-16-3-4-17-19(7-16)34-22-20(17)21(26-11-27-22)29-14-2-5-18-13(6-14)8-28-30-18/h2,5-6,8-9,11-12,16H,3-4,7,10H2,1H3,(H,25,32)(H,28,30)(H,26,27,29). The van der Waals surface area contributed by atoms with Crippen LogP contribution >= 0.6 is 11.3 Å². The third-order valence-electron chi connectivity index (χ3n) is 6.11. The highest BCUT2D eigenvalue weighted by Crippen LogP contribution is 2.39. The predicted molar refractivity (Wildman–Crippen MR) is 129 cm³/mol. The number of carbonyl (C=O) groups excluding carboxylic acids is 1. The maximum atomic E-state index is 12.3. The molecule has 0 spiro atoms. The Morgan fingerprint density at radius 3 is 3.15 bits per heavy atom. The van der Waals surface area contributed by atoms with Crippen LogP contribution in [0.1, 0.15) is 22.6 Å². The van der Waals surface area contributed by atoms with Gasteiger partial charge in [-0.15, -0.1) is 11.3 Å². The fourth-order valence-corrected chi connectivity index (χ4v) is 5.59. The van der Waals surface area contributed by atoms with Crippen LogP contribution in [0.3, 0.4) is 0 Å². The Kier molecular flexibility index (Phi) is 5.10. The van der Waals surface area contributed by atoms with Gasteiger partial charge in [0.05, 0.1) is 35.7 Å². The topological polar surface area (TPSA) is 123 Å². The van der Waals surface area contributed by atoms with Crippen LogP contribution < -0.4 is 10.6 Å². The minimum absolute atomic E-state index is 0.167. The molecule has 1 aliphatic carbocycles. The normalized spacial score (nSPS) is 15.4. The van der Waals surface area contributed by atoms with Gasteiger partial charge in [0.25, 0.3) is 0 Å². The SMILES string of the molecule is Cn1cncc1CNC(=O)OC1CCc2c(sc3ncnc(Nc4ccc5[nH]ncc5c4)c23)C1. The van der Waals surface area contributed by atoms with Crippen molar-refractivity contribution in [2.24, 2.45) is 7.05 Å². The van der Waals surface area contributed by atoms with Crippen LogP contribution in [-0.2, 0) is 31.2 Å². The van der Waals surface area contributed by atoms with Crippen molar-refractivity contribution in [3.05, 3.63) is 59.4 Å². The fourth-order valence-electron chi connectivity index (χ4n) is 4.34. The van der Waals surface area contributed by atoms with Crippen LogP contribution in [0.5, 0.6) is 0 Å². The number of nitrogens with zero attached hydrogens (tertiary/aromatic N) is 5. The molecule has 0 aliphatic heterocycles. The number of amides is 1. The van der Waals surface area contributed by atoms with Crippen LogP contribution in [0, 0.1) is 0 Å². The first-order valence-electron chi connectivity index (χ1n) is 11.0. The molecule has 6 rings (SSSR count). The van der Waals surface area contributed by atoms with Gasteiger partial charge in [0.15, 0.2) is 0 Å². The molecule has 10 nitrogen and oxygen atoms in total. The zero-order chi connectivity index (χ0) is 23.1. The maximum absolute atomic E-state index is 12.3. The first kappa shape index (κ1) is 20.6. The lowest BCUT2D eigenvalue weighted by molar-refractivity contribution is 0.0897. The highest BCUT2D eigenvalue weighted by atomic mass is 32.1. The van der Waals surface area contributed by atoms with E-state index in [2.05, 4.69) is 35.8 Å². The lowest BCUT2D eigenvalue weighted by atomic mass is 9.94. The number of imidazole rings is 1. The molecule has 3 N–H and O–H groups in total. The largest absolute Gasteiger partial charge is 0.446 e. The molecule has 0 fully saturated rings. The molecule has 5 aromatic rings. The number of H-pyrrole nitrogens is 1. The summed E-state index contributed by atoms with van der Waals surface area (Å²) in [6.07, 6.45) is 8.48. The molecular weight excluding hydrogens is 452 g/mol. The fraction of sp³-hybridized carbons (Fsp3) is 0.261. The number of aryl methyl sites for hydroxylation is 2. The Morgan fingerprint density at radius 1 is 1.32 bits per heavy atom. The number of aromatic amines is 1. The van der Waals surface area contributed by atoms with Gasteiger partial charge < -0.3 is 19.9 Å². The Balaban J connectivity index is 1.18. The van der Waals surface area contributed by atoms with Crippen molar-refractivity contribution in [3.8, 4) is 0 Å². The molecule has 34 heavy (non-hydrogen) atoms. The number of hydrogen-bond acceptors (Lipinski definition) is 8. The van der Waals surface area contributed by atoms with Crippen LogP contribution in [0.4, 0.5) is 16.3 Å². The van der Waals surface area contributed by atoms with E-state index in [1.54, 1.807) is 36.4 Å². The maximum Gasteiger partial charge on any atom is 0.407 e. The summed E-state index contributed by atoms with van der Waals surface area (Å²) < 4.78 is 7.57. The van der Waals surface area contributed by atoms with Gasteiger partial charge in [0, 0.05) is 35.6 Å². The molecule has 4 aromatic heterocycles. The van der Waals surface area contributed by atoms with Gasteiger partial charge in [-0.1, -0.05) is 0 Å². The van der Waals surface area contributed by atoms with Gasteiger partial charge in [-0.25, -0.2) is 19.7 Å². The number of nitrogens with one attached hydrogen (secondary N) is 3. The third-order valence-corrected chi connectivity index (χ3v) is 7.27. The number of thiophene rings is 1. The van der Waals surface area contributed by atoms with Crippen molar-refractivity contribution in [1.82, 2.24) is 35.0 Å². The zero-order valence-corrected chi connectivity index (χ0v) is 19.2. The van der Waals surface area contributed by atoms with E-state index in [1.807, 2.05) is 29.8 Å². The molecular formula is C23H22N8O2S. The highest BCUT2D eigenvalue weighted by Gasteiger charge is 2.27. The first-order chi connectivity index (χ1) is 16.6. The van der Waals surface area contributed by atoms with E-state index in [1.165, 1.54) is 10.4 Å². The molecule has 1 aromatic carbocycles. The number of carbonyl (C=O) groups is 1. The molecule has 1 atom stereocenters. The Hall–Kier alpha value is -3.99. The Morgan fingerprint density at radius 2 is 2.26 bits per heavy atom. The average molecular weight is 475 g/mol. The van der Waals surface area contributed by atoms with Crippen molar-refractivity contribution in [2.45, 2.75) is 31.9 Å². The smallest absolute Gasteiger partial charge is 0.407 e. The van der Waals surface area contributed by atoms with E-state index in [-0.39, 0.29) is 6.10 Å². The number of rotatable bonds is 5. The number of anilines is 2. The summed E-state index contributed by atoms with van der Waals surface area (Å²) in [7, 11) is 1.89. The molecule has 0 bridgehead atoms. The second-order valence-corrected chi connectivity index (χ2v) is 9.41. The molecule has 4 heterocycles. The number of aromatic nitrogens is 6. The lowest BCUT2D eigenvalue weighted by Crippen LogP contribution is -2.31. The molecule has 0 radical (unpaired) electrons. The molecule has 1 amide bonds. The van der Waals surface area contributed by atoms with Crippen molar-refractivity contribution in [1.29, 1.82) is 0 Å². The van der Waals surface area contributed by atoms with Crippen LogP contribution in [-0.4, -0.2) is 41.9 Å². The van der Waals surface area contributed by atoms with E-state index >= 15 is 0 Å². The molecule has 1 unspecified atom stereocenters. The van der Waals surface area contributed by atoms with Crippen LogP contribution in [0.2, 0.25) is 0 Å². The van der Waals surface area contributed by atoms with Crippen molar-refractivity contribution >= 4 is 50.1 Å². The number of fused-ring (bicyclic) bond motifs is 4. The summed E-state index contributed by atoms with van der Waals surface area (Å²) in [5.74, 6) is 0.790. The van der Waals surface area contributed by atoms with E-state index < -0.39 is 6.09 Å². The Bertz CT molecular complexity index is 1500. The minimum atomic E-state index is -0.410. The second-order valence-electron chi connectivity index (χ2n) is 8.32. The molecule has 0 saturated heterocycles. The summed E-state index contributed by atoms with van der Waals surface area (Å²) in [5.41, 5.74) is 4.08. The van der Waals surface area contributed by atoms with Crippen molar-refractivity contribution in [2.75, 3.05) is 5.32 Å². The van der Waals surface area contributed by atoms with Gasteiger partial charge in [0.1, 0.15) is 23.1 Å². The minimum Gasteiger partial charge on any atom is -0.446 e. The third kappa shape index (κ3) is 3.83. The molecule has 0 saturated carbocycles. The highest BCUT2D eigenvalue weighted by molar-refractivity contribution is 7.19. The first-order valence-corrected chi connectivity index (χ1v) is 11.8. The predicted octanol–water partition coefficient (Wildman–Crippen LogP) is 3.83. The van der Waals surface area contributed by atoms with Gasteiger partial charge >= 0.3 is 6.09 Å². The second kappa shape index (κ2) is 8.41.